The van der Waals surface area contributed by atoms with Gasteiger partial charge in [-0.15, -0.1) is 0 Å². The molecule has 0 bridgehead atoms. The molecule has 0 N–H and O–H groups in total. The number of rotatable bonds is 6. The van der Waals surface area contributed by atoms with Gasteiger partial charge in [-0.05, 0) is 37.3 Å². The third kappa shape index (κ3) is 4.69. The highest BCUT2D eigenvalue weighted by atomic mass is 79.9. The van der Waals surface area contributed by atoms with Gasteiger partial charge >= 0.3 is 16.1 Å². The summed E-state index contributed by atoms with van der Waals surface area (Å²) in [5, 5.41) is 3.98. The van der Waals surface area contributed by atoms with Crippen LogP contribution in [0.3, 0.4) is 0 Å². The van der Waals surface area contributed by atoms with Crippen molar-refractivity contribution in [2.75, 3.05) is 6.61 Å². The van der Waals surface area contributed by atoms with Crippen molar-refractivity contribution in [3.05, 3.63) is 75.4 Å². The van der Waals surface area contributed by atoms with Crippen LogP contribution in [-0.2, 0) is 14.9 Å². The highest BCUT2D eigenvalue weighted by Crippen LogP contribution is 2.22. The van der Waals surface area contributed by atoms with Crippen LogP contribution in [0.15, 0.2) is 69.0 Å². The van der Waals surface area contributed by atoms with Crippen molar-refractivity contribution < 1.29 is 22.1 Å². The number of aromatic nitrogens is 3. The van der Waals surface area contributed by atoms with Crippen LogP contribution in [0.5, 0.6) is 5.75 Å². The number of pyridine rings is 1. The van der Waals surface area contributed by atoms with Gasteiger partial charge in [-0.1, -0.05) is 22.0 Å². The molecular formula is C18H14BrN3O6S. The Morgan fingerprint density at radius 3 is 2.66 bits per heavy atom. The second-order valence-corrected chi connectivity index (χ2v) is 8.00. The molecule has 2 heterocycles. The summed E-state index contributed by atoms with van der Waals surface area (Å²) in [6, 6.07) is 10.2. The molecule has 0 spiro atoms. The lowest BCUT2D eigenvalue weighted by Crippen LogP contribution is -2.26. The summed E-state index contributed by atoms with van der Waals surface area (Å²) in [6.45, 7) is 1.60. The van der Waals surface area contributed by atoms with Crippen molar-refractivity contribution in [3.63, 3.8) is 0 Å². The highest BCUT2D eigenvalue weighted by Gasteiger charge is 2.25. The zero-order valence-corrected chi connectivity index (χ0v) is 17.4. The van der Waals surface area contributed by atoms with Crippen LogP contribution in [0.2, 0.25) is 0 Å². The molecule has 29 heavy (non-hydrogen) atoms. The molecule has 1 aromatic carbocycles. The average Bonchev–Trinajstić information content (AvgIpc) is 2.68. The molecule has 0 aliphatic rings. The molecule has 9 nitrogen and oxygen atoms in total. The fraction of sp³-hybridized carbons (Fsp3) is 0.111. The minimum absolute atomic E-state index is 0.0192. The summed E-state index contributed by atoms with van der Waals surface area (Å²) in [4.78, 5) is 28.4. The van der Waals surface area contributed by atoms with Gasteiger partial charge in [0.05, 0.1) is 18.4 Å². The minimum atomic E-state index is -4.35. The van der Waals surface area contributed by atoms with Crippen LogP contribution >= 0.6 is 15.9 Å². The molecule has 2 aromatic heterocycles. The van der Waals surface area contributed by atoms with Gasteiger partial charge in [0.15, 0.2) is 5.75 Å². The van der Waals surface area contributed by atoms with E-state index < -0.39 is 33.1 Å². The highest BCUT2D eigenvalue weighted by molar-refractivity contribution is 9.10. The molecule has 11 heteroatoms. The van der Waals surface area contributed by atoms with Crippen LogP contribution in [0.1, 0.15) is 17.4 Å². The lowest BCUT2D eigenvalue weighted by Gasteiger charge is -2.12. The zero-order chi connectivity index (χ0) is 21.0. The maximum Gasteiger partial charge on any atom is 0.362 e. The number of hydrogen-bond donors (Lipinski definition) is 0. The molecule has 0 aliphatic carbocycles. The number of benzene rings is 1. The molecule has 0 atom stereocenters. The Morgan fingerprint density at radius 1 is 1.21 bits per heavy atom. The van der Waals surface area contributed by atoms with Crippen molar-refractivity contribution in [2.45, 2.75) is 11.8 Å². The number of hydrogen-bond acceptors (Lipinski definition) is 8. The van der Waals surface area contributed by atoms with E-state index in [1.807, 2.05) is 0 Å². The maximum atomic E-state index is 12.6. The fourth-order valence-corrected chi connectivity index (χ4v) is 3.58. The average molecular weight is 480 g/mol. The van der Waals surface area contributed by atoms with Gasteiger partial charge in [-0.3, -0.25) is 9.78 Å². The van der Waals surface area contributed by atoms with E-state index in [1.165, 1.54) is 18.3 Å². The van der Waals surface area contributed by atoms with Crippen molar-refractivity contribution in [1.82, 2.24) is 14.8 Å². The van der Waals surface area contributed by atoms with Crippen LogP contribution < -0.4 is 9.74 Å². The Labute approximate surface area is 174 Å². The molecule has 0 amide bonds. The van der Waals surface area contributed by atoms with Gasteiger partial charge in [0.2, 0.25) is 5.69 Å². The van der Waals surface area contributed by atoms with Crippen molar-refractivity contribution in [2.24, 2.45) is 0 Å². The molecule has 0 saturated carbocycles. The molecule has 3 rings (SSSR count). The standard InChI is InChI=1S/C18H14BrN3O6S/c1-2-27-18(24)17-15(28-29(25,26)14-7-4-8-20-11-14)10-16(23)22(21-17)13-6-3-5-12(19)9-13/h3-11H,2H2,1H3. The summed E-state index contributed by atoms with van der Waals surface area (Å²) in [5.41, 5.74) is -0.803. The smallest absolute Gasteiger partial charge is 0.362 e. The van der Waals surface area contributed by atoms with Gasteiger partial charge in [-0.2, -0.15) is 18.2 Å². The number of esters is 1. The van der Waals surface area contributed by atoms with Gasteiger partial charge in [0.1, 0.15) is 4.90 Å². The van der Waals surface area contributed by atoms with Gasteiger partial charge in [0.25, 0.3) is 5.56 Å². The molecule has 150 valence electrons. The van der Waals surface area contributed by atoms with E-state index in [4.69, 9.17) is 8.92 Å². The Hall–Kier alpha value is -3.05. The quantitative estimate of drug-likeness (QED) is 0.390. The lowest BCUT2D eigenvalue weighted by molar-refractivity contribution is 0.0515. The molecule has 3 aromatic rings. The summed E-state index contributed by atoms with van der Waals surface area (Å²) in [5.74, 6) is -1.48. The first-order valence-electron chi connectivity index (χ1n) is 8.24. The first kappa shape index (κ1) is 20.7. The molecule has 0 unspecified atom stereocenters. The van der Waals surface area contributed by atoms with Crippen LogP contribution in [0, 0.1) is 0 Å². The van der Waals surface area contributed by atoms with E-state index in [0.29, 0.717) is 10.2 Å². The zero-order valence-electron chi connectivity index (χ0n) is 15.0. The third-order valence-corrected chi connectivity index (χ3v) is 5.25. The SMILES string of the molecule is CCOC(=O)c1nn(-c2cccc(Br)c2)c(=O)cc1OS(=O)(=O)c1cccnc1. The largest absolute Gasteiger partial charge is 0.461 e. The van der Waals surface area contributed by atoms with Crippen LogP contribution in [-0.4, -0.2) is 35.8 Å². The predicted octanol–water partition coefficient (Wildman–Crippen LogP) is 2.33. The molecule has 0 radical (unpaired) electrons. The van der Waals surface area contributed by atoms with E-state index in [9.17, 15) is 18.0 Å². The second-order valence-electron chi connectivity index (χ2n) is 5.53. The Kier molecular flexibility index (Phi) is 6.09. The normalized spacial score (nSPS) is 11.1. The van der Waals surface area contributed by atoms with Crippen molar-refractivity contribution in [3.8, 4) is 11.4 Å². The maximum absolute atomic E-state index is 12.6. The second kappa shape index (κ2) is 8.53. The van der Waals surface area contributed by atoms with Crippen LogP contribution in [0.25, 0.3) is 5.69 Å². The molecule has 0 aliphatic heterocycles. The summed E-state index contributed by atoms with van der Waals surface area (Å²) >= 11 is 3.29. The Bertz CT molecular complexity index is 1210. The van der Waals surface area contributed by atoms with Crippen molar-refractivity contribution >= 4 is 32.0 Å². The number of nitrogens with zero attached hydrogens (tertiary/aromatic N) is 3. The predicted molar refractivity (Wildman–Crippen MR) is 106 cm³/mol. The summed E-state index contributed by atoms with van der Waals surface area (Å²) < 4.78 is 36.6. The number of carbonyl (C=O) groups excluding carboxylic acids is 1. The van der Waals surface area contributed by atoms with Gasteiger partial charge in [0, 0.05) is 16.9 Å². The minimum Gasteiger partial charge on any atom is -0.461 e. The van der Waals surface area contributed by atoms with Gasteiger partial charge in [-0.25, -0.2) is 4.79 Å². The molecular weight excluding hydrogens is 466 g/mol. The van der Waals surface area contributed by atoms with E-state index in [2.05, 4.69) is 26.0 Å². The number of ether oxygens (including phenoxy) is 1. The van der Waals surface area contributed by atoms with E-state index >= 15 is 0 Å². The Balaban J connectivity index is 2.13. The van der Waals surface area contributed by atoms with E-state index in [1.54, 1.807) is 31.2 Å². The number of carbonyl (C=O) groups is 1. The first-order valence-corrected chi connectivity index (χ1v) is 10.4. The van der Waals surface area contributed by atoms with Gasteiger partial charge < -0.3 is 8.92 Å². The topological polar surface area (TPSA) is 117 Å². The third-order valence-electron chi connectivity index (χ3n) is 3.54. The first-order chi connectivity index (χ1) is 13.8. The Morgan fingerprint density at radius 2 is 2.00 bits per heavy atom. The van der Waals surface area contributed by atoms with Crippen LogP contribution in [0.4, 0.5) is 0 Å². The summed E-state index contributed by atoms with van der Waals surface area (Å²) in [6.07, 6.45) is 2.47. The van der Waals surface area contributed by atoms with E-state index in [-0.39, 0.29) is 11.5 Å². The number of halogens is 1. The summed E-state index contributed by atoms with van der Waals surface area (Å²) in [7, 11) is -4.35. The monoisotopic (exact) mass is 479 g/mol. The van der Waals surface area contributed by atoms with E-state index in [0.717, 1.165) is 16.9 Å². The molecule has 0 fully saturated rings. The lowest BCUT2D eigenvalue weighted by atomic mass is 10.3. The fourth-order valence-electron chi connectivity index (χ4n) is 2.30. The molecule has 0 saturated heterocycles. The van der Waals surface area contributed by atoms with Crippen molar-refractivity contribution in [1.29, 1.82) is 0 Å².